The molecule has 0 spiro atoms. The van der Waals surface area contributed by atoms with E-state index in [1.165, 1.54) is 30.5 Å². The number of hydrogen-bond acceptors (Lipinski definition) is 3. The van der Waals surface area contributed by atoms with Crippen molar-refractivity contribution in [1.29, 1.82) is 0 Å². The van der Waals surface area contributed by atoms with Gasteiger partial charge in [-0.05, 0) is 32.2 Å². The maximum absolute atomic E-state index is 4.33. The first-order valence-electron chi connectivity index (χ1n) is 5.44. The van der Waals surface area contributed by atoms with Crippen LogP contribution >= 0.6 is 0 Å². The highest BCUT2D eigenvalue weighted by molar-refractivity contribution is 5.23. The molecule has 1 N–H and O–H groups in total. The Balaban J connectivity index is 2.14. The highest BCUT2D eigenvalue weighted by Crippen LogP contribution is 2.27. The van der Waals surface area contributed by atoms with Crippen molar-refractivity contribution in [3.63, 3.8) is 0 Å². The van der Waals surface area contributed by atoms with E-state index in [0.717, 1.165) is 13.0 Å². The fourth-order valence-electron chi connectivity index (χ4n) is 2.03. The average molecular weight is 191 g/mol. The zero-order valence-corrected chi connectivity index (χ0v) is 8.66. The molecule has 0 bridgehead atoms. The summed E-state index contributed by atoms with van der Waals surface area (Å²) in [6.07, 6.45) is 8.38. The second-order valence-electron chi connectivity index (χ2n) is 3.82. The Hall–Kier alpha value is -0.960. The van der Waals surface area contributed by atoms with Crippen molar-refractivity contribution in [3.05, 3.63) is 23.8 Å². The Morgan fingerprint density at radius 3 is 3.36 bits per heavy atom. The first-order valence-corrected chi connectivity index (χ1v) is 5.44. The van der Waals surface area contributed by atoms with E-state index in [2.05, 4.69) is 22.2 Å². The Morgan fingerprint density at radius 2 is 2.50 bits per heavy atom. The van der Waals surface area contributed by atoms with E-state index in [-0.39, 0.29) is 0 Å². The van der Waals surface area contributed by atoms with Gasteiger partial charge >= 0.3 is 0 Å². The van der Waals surface area contributed by atoms with Crippen LogP contribution in [0.2, 0.25) is 0 Å². The molecule has 0 saturated carbocycles. The normalized spacial score (nSPS) is 20.5. The minimum atomic E-state index is 0.486. The monoisotopic (exact) mass is 191 g/mol. The molecule has 1 unspecified atom stereocenters. The number of rotatable bonds is 3. The molecule has 0 saturated heterocycles. The van der Waals surface area contributed by atoms with Crippen molar-refractivity contribution in [2.24, 2.45) is 0 Å². The molecule has 3 heteroatoms. The predicted molar refractivity (Wildman–Crippen MR) is 56.0 cm³/mol. The van der Waals surface area contributed by atoms with Crippen molar-refractivity contribution in [1.82, 2.24) is 15.3 Å². The summed E-state index contributed by atoms with van der Waals surface area (Å²) in [6, 6.07) is 0.486. The van der Waals surface area contributed by atoms with Crippen LogP contribution in [0, 0.1) is 0 Å². The van der Waals surface area contributed by atoms with Gasteiger partial charge in [-0.1, -0.05) is 6.92 Å². The molecule has 3 nitrogen and oxygen atoms in total. The van der Waals surface area contributed by atoms with Gasteiger partial charge in [-0.15, -0.1) is 0 Å². The van der Waals surface area contributed by atoms with E-state index in [1.807, 2.05) is 6.20 Å². The van der Waals surface area contributed by atoms with E-state index >= 15 is 0 Å². The molecule has 1 aromatic heterocycles. The highest BCUT2D eigenvalue weighted by atomic mass is 14.9. The van der Waals surface area contributed by atoms with E-state index in [0.29, 0.717) is 6.04 Å². The zero-order valence-electron chi connectivity index (χ0n) is 8.66. The van der Waals surface area contributed by atoms with Crippen LogP contribution in [0.1, 0.15) is 43.5 Å². The van der Waals surface area contributed by atoms with Crippen molar-refractivity contribution in [3.8, 4) is 0 Å². The number of hydrogen-bond donors (Lipinski definition) is 1. The zero-order chi connectivity index (χ0) is 9.80. The van der Waals surface area contributed by atoms with Crippen LogP contribution in [0.3, 0.4) is 0 Å². The van der Waals surface area contributed by atoms with E-state index in [1.54, 1.807) is 6.33 Å². The van der Waals surface area contributed by atoms with Gasteiger partial charge in [-0.3, -0.25) is 0 Å². The lowest BCUT2D eigenvalue weighted by atomic mass is 9.92. The fourth-order valence-corrected chi connectivity index (χ4v) is 2.03. The molecular formula is C11H17N3. The summed E-state index contributed by atoms with van der Waals surface area (Å²) in [5, 5.41) is 3.55. The Bertz CT molecular complexity index is 298. The van der Waals surface area contributed by atoms with Crippen molar-refractivity contribution >= 4 is 0 Å². The van der Waals surface area contributed by atoms with Crippen LogP contribution in [0.4, 0.5) is 0 Å². The maximum atomic E-state index is 4.33. The average Bonchev–Trinajstić information content (AvgIpc) is 2.26. The second-order valence-corrected chi connectivity index (χ2v) is 3.82. The Morgan fingerprint density at radius 1 is 1.57 bits per heavy atom. The van der Waals surface area contributed by atoms with Gasteiger partial charge in [0.2, 0.25) is 0 Å². The van der Waals surface area contributed by atoms with Crippen LogP contribution in [-0.2, 0) is 6.42 Å². The third-order valence-corrected chi connectivity index (χ3v) is 2.75. The third kappa shape index (κ3) is 1.93. The number of aryl methyl sites for hydroxylation is 1. The predicted octanol–water partition coefficient (Wildman–Crippen LogP) is 1.85. The first kappa shape index (κ1) is 9.59. The summed E-state index contributed by atoms with van der Waals surface area (Å²) in [5.41, 5.74) is 2.55. The van der Waals surface area contributed by atoms with Crippen molar-refractivity contribution < 1.29 is 0 Å². The summed E-state index contributed by atoms with van der Waals surface area (Å²) in [4.78, 5) is 8.43. The molecule has 1 aromatic rings. The van der Waals surface area contributed by atoms with E-state index in [4.69, 9.17) is 0 Å². The van der Waals surface area contributed by atoms with Gasteiger partial charge in [-0.25, -0.2) is 9.97 Å². The summed E-state index contributed by atoms with van der Waals surface area (Å²) in [6.45, 7) is 3.28. The van der Waals surface area contributed by atoms with Gasteiger partial charge in [0.25, 0.3) is 0 Å². The summed E-state index contributed by atoms with van der Waals surface area (Å²) >= 11 is 0. The largest absolute Gasteiger partial charge is 0.310 e. The van der Waals surface area contributed by atoms with Gasteiger partial charge in [0.05, 0.1) is 0 Å². The molecular weight excluding hydrogens is 174 g/mol. The van der Waals surface area contributed by atoms with Gasteiger partial charge in [0.1, 0.15) is 6.33 Å². The summed E-state index contributed by atoms with van der Waals surface area (Å²) < 4.78 is 0. The standard InChI is InChI=1S/C11H17N3/c1-2-6-13-10-4-3-5-11-9(10)7-12-8-14-11/h7-8,10,13H,2-6H2,1H3. The second kappa shape index (κ2) is 4.51. The minimum absolute atomic E-state index is 0.486. The van der Waals surface area contributed by atoms with Crippen LogP contribution in [-0.4, -0.2) is 16.5 Å². The number of fused-ring (bicyclic) bond motifs is 1. The minimum Gasteiger partial charge on any atom is -0.310 e. The van der Waals surface area contributed by atoms with E-state index in [9.17, 15) is 0 Å². The quantitative estimate of drug-likeness (QED) is 0.792. The van der Waals surface area contributed by atoms with Crippen LogP contribution in [0.25, 0.3) is 0 Å². The lowest BCUT2D eigenvalue weighted by Gasteiger charge is -2.24. The van der Waals surface area contributed by atoms with Crippen molar-refractivity contribution in [2.75, 3.05) is 6.54 Å². The molecule has 14 heavy (non-hydrogen) atoms. The van der Waals surface area contributed by atoms with Crippen molar-refractivity contribution in [2.45, 2.75) is 38.6 Å². The molecule has 0 aliphatic heterocycles. The molecule has 2 rings (SSSR count). The Labute approximate surface area is 85.0 Å². The molecule has 0 radical (unpaired) electrons. The maximum Gasteiger partial charge on any atom is 0.115 e. The lowest BCUT2D eigenvalue weighted by molar-refractivity contribution is 0.453. The molecule has 0 amide bonds. The summed E-state index contributed by atoms with van der Waals surface area (Å²) in [5.74, 6) is 0. The van der Waals surface area contributed by atoms with Crippen LogP contribution in [0.15, 0.2) is 12.5 Å². The smallest absolute Gasteiger partial charge is 0.115 e. The fraction of sp³-hybridized carbons (Fsp3) is 0.636. The summed E-state index contributed by atoms with van der Waals surface area (Å²) in [7, 11) is 0. The molecule has 1 heterocycles. The molecule has 0 aromatic carbocycles. The van der Waals surface area contributed by atoms with Crippen LogP contribution in [0.5, 0.6) is 0 Å². The molecule has 1 aliphatic carbocycles. The highest BCUT2D eigenvalue weighted by Gasteiger charge is 2.19. The van der Waals surface area contributed by atoms with Gasteiger partial charge in [0, 0.05) is 23.5 Å². The number of aromatic nitrogens is 2. The molecule has 1 atom stereocenters. The number of nitrogens with zero attached hydrogens (tertiary/aromatic N) is 2. The molecule has 76 valence electrons. The van der Waals surface area contributed by atoms with E-state index < -0.39 is 0 Å². The van der Waals surface area contributed by atoms with Gasteiger partial charge in [-0.2, -0.15) is 0 Å². The van der Waals surface area contributed by atoms with Gasteiger partial charge in [0.15, 0.2) is 0 Å². The van der Waals surface area contributed by atoms with Crippen LogP contribution < -0.4 is 5.32 Å². The SMILES string of the molecule is CCCNC1CCCc2ncncc21. The topological polar surface area (TPSA) is 37.8 Å². The first-order chi connectivity index (χ1) is 6.92. The number of nitrogens with one attached hydrogen (secondary N) is 1. The third-order valence-electron chi connectivity index (χ3n) is 2.75. The lowest BCUT2D eigenvalue weighted by Crippen LogP contribution is -2.26. The Kier molecular flexibility index (Phi) is 3.09. The molecule has 0 fully saturated rings. The molecule has 1 aliphatic rings. The van der Waals surface area contributed by atoms with Gasteiger partial charge < -0.3 is 5.32 Å².